The van der Waals surface area contributed by atoms with Gasteiger partial charge in [-0.05, 0) is 40.9 Å². The molecule has 4 heteroatoms. The molecule has 1 atom stereocenters. The Morgan fingerprint density at radius 3 is 2.75 bits per heavy atom. The van der Waals surface area contributed by atoms with Crippen molar-refractivity contribution < 1.29 is 5.11 Å². The van der Waals surface area contributed by atoms with Crippen molar-refractivity contribution >= 4 is 27.3 Å². The quantitative estimate of drug-likeness (QED) is 0.893. The van der Waals surface area contributed by atoms with Crippen molar-refractivity contribution in [2.75, 3.05) is 6.54 Å². The summed E-state index contributed by atoms with van der Waals surface area (Å²) in [6.45, 7) is 0.678. The van der Waals surface area contributed by atoms with Gasteiger partial charge < -0.3 is 10.4 Å². The molecule has 0 aliphatic heterocycles. The molecule has 1 aliphatic rings. The molecule has 2 nitrogen and oxygen atoms in total. The number of aliphatic hydroxyl groups is 1. The predicted octanol–water partition coefficient (Wildman–Crippen LogP) is 3.47. The molecule has 0 spiro atoms. The second-order valence-corrected chi connectivity index (χ2v) is 6.90. The lowest BCUT2D eigenvalue weighted by molar-refractivity contribution is 0.169. The number of nitrogens with one attached hydrogen (secondary N) is 1. The fraction of sp³-hybridized carbons (Fsp3) is 0.667. The van der Waals surface area contributed by atoms with Crippen LogP contribution >= 0.6 is 27.3 Å². The molecule has 16 heavy (non-hydrogen) atoms. The molecule has 0 aromatic carbocycles. The summed E-state index contributed by atoms with van der Waals surface area (Å²) in [7, 11) is 0. The van der Waals surface area contributed by atoms with E-state index in [9.17, 15) is 5.11 Å². The van der Waals surface area contributed by atoms with Crippen LogP contribution in [0.25, 0.3) is 0 Å². The Balaban J connectivity index is 1.76. The molecule has 1 aromatic heterocycles. The highest BCUT2D eigenvalue weighted by Gasteiger charge is 2.15. The monoisotopic (exact) mass is 303 g/mol. The largest absolute Gasteiger partial charge is 0.386 e. The zero-order chi connectivity index (χ0) is 11.4. The number of aliphatic hydroxyl groups excluding tert-OH is 1. The fourth-order valence-corrected chi connectivity index (χ4v) is 3.60. The summed E-state index contributed by atoms with van der Waals surface area (Å²) in [4.78, 5) is 1.04. The fourth-order valence-electron chi connectivity index (χ4n) is 2.19. The van der Waals surface area contributed by atoms with Crippen molar-refractivity contribution in [1.82, 2.24) is 5.32 Å². The van der Waals surface area contributed by atoms with Gasteiger partial charge in [0, 0.05) is 17.5 Å². The maximum Gasteiger partial charge on any atom is 0.101 e. The van der Waals surface area contributed by atoms with Gasteiger partial charge in [-0.2, -0.15) is 0 Å². The summed E-state index contributed by atoms with van der Waals surface area (Å²) in [5, 5.41) is 13.5. The molecule has 1 aliphatic carbocycles. The highest BCUT2D eigenvalue weighted by Crippen LogP contribution is 2.27. The van der Waals surface area contributed by atoms with Gasteiger partial charge in [-0.15, -0.1) is 11.3 Å². The molecule has 2 rings (SSSR count). The van der Waals surface area contributed by atoms with Gasteiger partial charge in [0.1, 0.15) is 6.10 Å². The highest BCUT2D eigenvalue weighted by molar-refractivity contribution is 9.11. The van der Waals surface area contributed by atoms with Gasteiger partial charge in [0.2, 0.25) is 0 Å². The van der Waals surface area contributed by atoms with Gasteiger partial charge in [0.25, 0.3) is 0 Å². The Morgan fingerprint density at radius 2 is 2.12 bits per heavy atom. The molecular weight excluding hydrogens is 286 g/mol. The predicted molar refractivity (Wildman–Crippen MR) is 71.9 cm³/mol. The second kappa shape index (κ2) is 6.15. The first-order valence-electron chi connectivity index (χ1n) is 5.92. The van der Waals surface area contributed by atoms with E-state index in [0.717, 1.165) is 8.66 Å². The molecule has 0 bridgehead atoms. The van der Waals surface area contributed by atoms with E-state index in [0.29, 0.717) is 12.6 Å². The minimum absolute atomic E-state index is 0.363. The van der Waals surface area contributed by atoms with E-state index in [1.54, 1.807) is 11.3 Å². The number of hydrogen-bond acceptors (Lipinski definition) is 3. The number of rotatable bonds is 4. The average molecular weight is 304 g/mol. The van der Waals surface area contributed by atoms with Crippen molar-refractivity contribution in [2.24, 2.45) is 0 Å². The molecule has 1 heterocycles. The van der Waals surface area contributed by atoms with Gasteiger partial charge in [0.15, 0.2) is 0 Å². The SMILES string of the molecule is OC(CNC1CCCCC1)c1ccc(Br)s1. The smallest absolute Gasteiger partial charge is 0.101 e. The van der Waals surface area contributed by atoms with E-state index in [1.165, 1.54) is 32.1 Å². The van der Waals surface area contributed by atoms with Crippen LogP contribution in [0.4, 0.5) is 0 Å². The van der Waals surface area contributed by atoms with Crippen LogP contribution in [0.15, 0.2) is 15.9 Å². The van der Waals surface area contributed by atoms with Crippen LogP contribution in [-0.4, -0.2) is 17.7 Å². The third-order valence-electron chi connectivity index (χ3n) is 3.13. The summed E-state index contributed by atoms with van der Waals surface area (Å²) in [6, 6.07) is 4.60. The van der Waals surface area contributed by atoms with Crippen molar-refractivity contribution in [1.29, 1.82) is 0 Å². The number of thiophene rings is 1. The summed E-state index contributed by atoms with van der Waals surface area (Å²) in [6.07, 6.45) is 6.20. The Labute approximate surface area is 109 Å². The first-order valence-corrected chi connectivity index (χ1v) is 7.53. The Kier molecular flexibility index (Phi) is 4.82. The van der Waals surface area contributed by atoms with E-state index in [2.05, 4.69) is 21.2 Å². The summed E-state index contributed by atoms with van der Waals surface area (Å²) in [5.41, 5.74) is 0. The van der Waals surface area contributed by atoms with Crippen LogP contribution < -0.4 is 5.32 Å². The van der Waals surface area contributed by atoms with Crippen LogP contribution in [-0.2, 0) is 0 Å². The van der Waals surface area contributed by atoms with Crippen LogP contribution in [0.1, 0.15) is 43.1 Å². The minimum atomic E-state index is -0.363. The van der Waals surface area contributed by atoms with E-state index < -0.39 is 0 Å². The van der Waals surface area contributed by atoms with Crippen LogP contribution in [0, 0.1) is 0 Å². The first kappa shape index (κ1) is 12.6. The lowest BCUT2D eigenvalue weighted by Crippen LogP contribution is -2.34. The summed E-state index contributed by atoms with van der Waals surface area (Å²) in [5.74, 6) is 0. The lowest BCUT2D eigenvalue weighted by Gasteiger charge is -2.24. The van der Waals surface area contributed by atoms with Gasteiger partial charge >= 0.3 is 0 Å². The third-order valence-corrected chi connectivity index (χ3v) is 4.85. The second-order valence-electron chi connectivity index (χ2n) is 4.40. The molecule has 1 unspecified atom stereocenters. The molecule has 1 saturated carbocycles. The molecular formula is C12H18BrNOS. The van der Waals surface area contributed by atoms with Gasteiger partial charge in [-0.3, -0.25) is 0 Å². The summed E-state index contributed by atoms with van der Waals surface area (Å²) >= 11 is 5.02. The molecule has 0 amide bonds. The molecule has 1 fully saturated rings. The Bertz CT molecular complexity index is 323. The maximum absolute atomic E-state index is 9.99. The van der Waals surface area contributed by atoms with E-state index in [-0.39, 0.29) is 6.10 Å². The topological polar surface area (TPSA) is 32.3 Å². The zero-order valence-electron chi connectivity index (χ0n) is 9.29. The van der Waals surface area contributed by atoms with Crippen molar-refractivity contribution in [3.8, 4) is 0 Å². The van der Waals surface area contributed by atoms with Crippen LogP contribution in [0.2, 0.25) is 0 Å². The Morgan fingerprint density at radius 1 is 1.38 bits per heavy atom. The van der Waals surface area contributed by atoms with Gasteiger partial charge in [-0.1, -0.05) is 19.3 Å². The minimum Gasteiger partial charge on any atom is -0.386 e. The first-order chi connectivity index (χ1) is 7.75. The standard InChI is InChI=1S/C12H18BrNOS/c13-12-7-6-11(16-12)10(15)8-14-9-4-2-1-3-5-9/h6-7,9-10,14-15H,1-5,8H2. The Hall–Kier alpha value is 0.1000. The van der Waals surface area contributed by atoms with E-state index >= 15 is 0 Å². The van der Waals surface area contributed by atoms with Crippen molar-refractivity contribution in [2.45, 2.75) is 44.2 Å². The third kappa shape index (κ3) is 3.55. The normalized spacial score (nSPS) is 19.9. The lowest BCUT2D eigenvalue weighted by atomic mass is 9.95. The van der Waals surface area contributed by atoms with Crippen molar-refractivity contribution in [3.63, 3.8) is 0 Å². The maximum atomic E-state index is 9.99. The van der Waals surface area contributed by atoms with Crippen LogP contribution in [0.5, 0.6) is 0 Å². The van der Waals surface area contributed by atoms with Gasteiger partial charge in [0.05, 0.1) is 3.79 Å². The molecule has 1 aromatic rings. The zero-order valence-corrected chi connectivity index (χ0v) is 11.7. The highest BCUT2D eigenvalue weighted by atomic mass is 79.9. The van der Waals surface area contributed by atoms with Crippen molar-refractivity contribution in [3.05, 3.63) is 20.8 Å². The number of hydrogen-bond donors (Lipinski definition) is 2. The molecule has 0 saturated heterocycles. The molecule has 90 valence electrons. The van der Waals surface area contributed by atoms with Crippen LogP contribution in [0.3, 0.4) is 0 Å². The molecule has 2 N–H and O–H groups in total. The van der Waals surface area contributed by atoms with E-state index in [1.807, 2.05) is 12.1 Å². The van der Waals surface area contributed by atoms with Gasteiger partial charge in [-0.25, -0.2) is 0 Å². The average Bonchev–Trinajstić information content (AvgIpc) is 2.74. The molecule has 0 radical (unpaired) electrons. The van der Waals surface area contributed by atoms with E-state index in [4.69, 9.17) is 0 Å². The summed E-state index contributed by atoms with van der Waals surface area (Å²) < 4.78 is 1.08. The number of halogens is 1.